The van der Waals surface area contributed by atoms with Crippen molar-refractivity contribution in [2.75, 3.05) is 5.32 Å². The van der Waals surface area contributed by atoms with E-state index in [1.54, 1.807) is 23.8 Å². The van der Waals surface area contributed by atoms with Crippen molar-refractivity contribution in [3.8, 4) is 10.8 Å². The molecule has 0 fully saturated rings. The number of aromatic nitrogens is 3. The van der Waals surface area contributed by atoms with Crippen LogP contribution in [0.25, 0.3) is 10.8 Å². The number of rotatable bonds is 3. The smallest absolute Gasteiger partial charge is 0.276 e. The number of carbonyl (C=O) groups excluding carboxylic acids is 1. The van der Waals surface area contributed by atoms with Gasteiger partial charge in [0.2, 0.25) is 5.13 Å². The first-order valence-electron chi connectivity index (χ1n) is 5.33. The third kappa shape index (κ3) is 2.54. The second-order valence-electron chi connectivity index (χ2n) is 3.60. The summed E-state index contributed by atoms with van der Waals surface area (Å²) in [5.74, 6) is 0.348. The van der Waals surface area contributed by atoms with Gasteiger partial charge in [0.05, 0.1) is 6.26 Å². The van der Waals surface area contributed by atoms with Crippen LogP contribution in [0.3, 0.4) is 0 Å². The zero-order valence-corrected chi connectivity index (χ0v) is 11.4. The molecule has 19 heavy (non-hydrogen) atoms. The lowest BCUT2D eigenvalue weighted by atomic mass is 10.4. The molecule has 0 spiro atoms. The van der Waals surface area contributed by atoms with E-state index in [4.69, 9.17) is 4.42 Å². The molecule has 6 nitrogen and oxygen atoms in total. The third-order valence-corrected chi connectivity index (χ3v) is 3.83. The van der Waals surface area contributed by atoms with Crippen molar-refractivity contribution in [2.45, 2.75) is 6.92 Å². The molecule has 8 heteroatoms. The van der Waals surface area contributed by atoms with E-state index in [1.165, 1.54) is 22.7 Å². The van der Waals surface area contributed by atoms with Crippen molar-refractivity contribution >= 4 is 33.7 Å². The van der Waals surface area contributed by atoms with Gasteiger partial charge in [-0.15, -0.1) is 21.5 Å². The lowest BCUT2D eigenvalue weighted by Gasteiger charge is -1.95. The van der Waals surface area contributed by atoms with Crippen molar-refractivity contribution in [3.63, 3.8) is 0 Å². The van der Waals surface area contributed by atoms with E-state index in [2.05, 4.69) is 20.5 Å². The predicted molar refractivity (Wildman–Crippen MR) is 72.4 cm³/mol. The SMILES string of the molecule is Cc1nnc(NC(=O)c2csc(-c3ccco3)n2)s1. The monoisotopic (exact) mass is 292 g/mol. The molecule has 0 saturated carbocycles. The minimum Gasteiger partial charge on any atom is -0.462 e. The number of furan rings is 1. The van der Waals surface area contributed by atoms with Crippen molar-refractivity contribution < 1.29 is 9.21 Å². The highest BCUT2D eigenvalue weighted by Crippen LogP contribution is 2.24. The highest BCUT2D eigenvalue weighted by atomic mass is 32.1. The summed E-state index contributed by atoms with van der Waals surface area (Å²) in [6, 6.07) is 3.58. The van der Waals surface area contributed by atoms with Gasteiger partial charge in [-0.25, -0.2) is 4.98 Å². The molecule has 0 aliphatic carbocycles. The summed E-state index contributed by atoms with van der Waals surface area (Å²) in [6.45, 7) is 1.82. The molecule has 0 bridgehead atoms. The number of hydrogen-bond acceptors (Lipinski definition) is 7. The van der Waals surface area contributed by atoms with Crippen LogP contribution >= 0.6 is 22.7 Å². The number of amides is 1. The van der Waals surface area contributed by atoms with Crippen molar-refractivity contribution in [3.05, 3.63) is 34.5 Å². The van der Waals surface area contributed by atoms with E-state index in [-0.39, 0.29) is 5.91 Å². The van der Waals surface area contributed by atoms with Crippen LogP contribution in [0.15, 0.2) is 28.2 Å². The van der Waals surface area contributed by atoms with Gasteiger partial charge in [-0.2, -0.15) is 0 Å². The van der Waals surface area contributed by atoms with E-state index in [0.717, 1.165) is 5.01 Å². The Morgan fingerprint density at radius 3 is 3.00 bits per heavy atom. The van der Waals surface area contributed by atoms with Gasteiger partial charge in [0.15, 0.2) is 10.8 Å². The molecule has 0 unspecified atom stereocenters. The Morgan fingerprint density at radius 2 is 2.32 bits per heavy atom. The maximum atomic E-state index is 11.9. The summed E-state index contributed by atoms with van der Waals surface area (Å²) in [7, 11) is 0. The number of thiazole rings is 1. The van der Waals surface area contributed by atoms with E-state index in [1.807, 2.05) is 6.92 Å². The average Bonchev–Trinajstić information content (AvgIpc) is 3.08. The standard InChI is InChI=1S/C11H8N4O2S2/c1-6-14-15-11(19-6)13-9(16)7-5-18-10(12-7)8-3-2-4-17-8/h2-5H,1H3,(H,13,15,16). The van der Waals surface area contributed by atoms with Crippen LogP contribution in [0.5, 0.6) is 0 Å². The van der Waals surface area contributed by atoms with Gasteiger partial charge in [-0.3, -0.25) is 10.1 Å². The fraction of sp³-hybridized carbons (Fsp3) is 0.0909. The molecule has 3 rings (SSSR count). The van der Waals surface area contributed by atoms with E-state index in [0.29, 0.717) is 21.6 Å². The Labute approximate surface area is 116 Å². The van der Waals surface area contributed by atoms with E-state index in [9.17, 15) is 4.79 Å². The first kappa shape index (κ1) is 12.0. The molecule has 0 aliphatic rings. The van der Waals surface area contributed by atoms with Crippen molar-refractivity contribution in [2.24, 2.45) is 0 Å². The minimum absolute atomic E-state index is 0.301. The minimum atomic E-state index is -0.301. The summed E-state index contributed by atoms with van der Waals surface area (Å²) in [4.78, 5) is 16.2. The van der Waals surface area contributed by atoms with Crippen molar-refractivity contribution in [1.82, 2.24) is 15.2 Å². The van der Waals surface area contributed by atoms with Gasteiger partial charge in [0, 0.05) is 5.38 Å². The van der Waals surface area contributed by atoms with Crippen LogP contribution in [-0.4, -0.2) is 21.1 Å². The maximum Gasteiger partial charge on any atom is 0.276 e. The molecule has 1 N–H and O–H groups in total. The van der Waals surface area contributed by atoms with Crippen LogP contribution < -0.4 is 5.32 Å². The van der Waals surface area contributed by atoms with Crippen LogP contribution in [0.4, 0.5) is 5.13 Å². The molecule has 3 aromatic heterocycles. The van der Waals surface area contributed by atoms with Gasteiger partial charge in [0.25, 0.3) is 5.91 Å². The fourth-order valence-corrected chi connectivity index (χ4v) is 2.75. The first-order valence-corrected chi connectivity index (χ1v) is 7.03. The number of hydrogen-bond donors (Lipinski definition) is 1. The molecule has 3 aromatic rings. The van der Waals surface area contributed by atoms with Crippen LogP contribution in [0.2, 0.25) is 0 Å². The van der Waals surface area contributed by atoms with Gasteiger partial charge >= 0.3 is 0 Å². The number of carbonyl (C=O) groups is 1. The van der Waals surface area contributed by atoms with Crippen molar-refractivity contribution in [1.29, 1.82) is 0 Å². The lowest BCUT2D eigenvalue weighted by molar-refractivity contribution is 0.102. The van der Waals surface area contributed by atoms with Gasteiger partial charge < -0.3 is 4.42 Å². The van der Waals surface area contributed by atoms with Crippen LogP contribution in [0.1, 0.15) is 15.5 Å². The fourth-order valence-electron chi connectivity index (χ4n) is 1.40. The Bertz CT molecular complexity index is 702. The zero-order chi connectivity index (χ0) is 13.2. The highest BCUT2D eigenvalue weighted by molar-refractivity contribution is 7.15. The molecule has 1 amide bonds. The number of anilines is 1. The molecule has 3 heterocycles. The summed E-state index contributed by atoms with van der Waals surface area (Å²) in [5, 5.41) is 13.9. The Morgan fingerprint density at radius 1 is 1.42 bits per heavy atom. The second kappa shape index (κ2) is 4.90. The number of nitrogens with zero attached hydrogens (tertiary/aromatic N) is 3. The summed E-state index contributed by atoms with van der Waals surface area (Å²) in [5.41, 5.74) is 0.337. The average molecular weight is 292 g/mol. The molecule has 96 valence electrons. The molecule has 0 aromatic carbocycles. The Kier molecular flexibility index (Phi) is 3.10. The van der Waals surface area contributed by atoms with Gasteiger partial charge in [-0.05, 0) is 19.1 Å². The second-order valence-corrected chi connectivity index (χ2v) is 5.64. The summed E-state index contributed by atoms with van der Waals surface area (Å²) >= 11 is 2.67. The maximum absolute atomic E-state index is 11.9. The molecule has 0 radical (unpaired) electrons. The topological polar surface area (TPSA) is 80.9 Å². The normalized spacial score (nSPS) is 10.6. The van der Waals surface area contributed by atoms with Gasteiger partial charge in [0.1, 0.15) is 10.7 Å². The lowest BCUT2D eigenvalue weighted by Crippen LogP contribution is -2.12. The third-order valence-electron chi connectivity index (χ3n) is 2.22. The number of nitrogens with one attached hydrogen (secondary N) is 1. The van der Waals surface area contributed by atoms with Crippen LogP contribution in [-0.2, 0) is 0 Å². The Hall–Kier alpha value is -2.06. The summed E-state index contributed by atoms with van der Waals surface area (Å²) in [6.07, 6.45) is 1.57. The number of aryl methyl sites for hydroxylation is 1. The van der Waals surface area contributed by atoms with E-state index < -0.39 is 0 Å². The van der Waals surface area contributed by atoms with Crippen LogP contribution in [0, 0.1) is 6.92 Å². The predicted octanol–water partition coefficient (Wildman–Crippen LogP) is 2.82. The first-order chi connectivity index (χ1) is 9.22. The molecular weight excluding hydrogens is 284 g/mol. The molecular formula is C11H8N4O2S2. The highest BCUT2D eigenvalue weighted by Gasteiger charge is 2.14. The molecule has 0 saturated heterocycles. The quantitative estimate of drug-likeness (QED) is 0.802. The van der Waals surface area contributed by atoms with E-state index >= 15 is 0 Å². The molecule has 0 aliphatic heterocycles. The zero-order valence-electron chi connectivity index (χ0n) is 9.78. The molecule has 0 atom stereocenters. The summed E-state index contributed by atoms with van der Waals surface area (Å²) < 4.78 is 5.23. The largest absolute Gasteiger partial charge is 0.462 e. The van der Waals surface area contributed by atoms with Gasteiger partial charge in [-0.1, -0.05) is 11.3 Å². The Balaban J connectivity index is 1.77.